The lowest BCUT2D eigenvalue weighted by molar-refractivity contribution is -0.162. The molecule has 1 amide bonds. The number of aliphatic carboxylic acids is 1. The number of hydrogen-bond donors (Lipinski definition) is 2. The summed E-state index contributed by atoms with van der Waals surface area (Å²) in [5.74, 6) is -1.80. The highest BCUT2D eigenvalue weighted by molar-refractivity contribution is 8.18. The van der Waals surface area contributed by atoms with Gasteiger partial charge in [-0.15, -0.1) is 0 Å². The molecular formula is C26H20F6N4O4S. The Hall–Kier alpha value is -3.85. The van der Waals surface area contributed by atoms with Gasteiger partial charge in [0.2, 0.25) is 0 Å². The summed E-state index contributed by atoms with van der Waals surface area (Å²) in [4.78, 5) is 29.8. The van der Waals surface area contributed by atoms with Gasteiger partial charge in [-0.3, -0.25) is 9.48 Å². The Kier molecular flexibility index (Phi) is 7.14. The Morgan fingerprint density at radius 2 is 1.76 bits per heavy atom. The van der Waals surface area contributed by atoms with E-state index in [9.17, 15) is 46.1 Å². The molecule has 2 aliphatic heterocycles. The van der Waals surface area contributed by atoms with Gasteiger partial charge in [-0.1, -0.05) is 12.1 Å². The molecule has 2 N–H and O–H groups in total. The normalized spacial score (nSPS) is 18.8. The maximum atomic E-state index is 13.6. The topological polar surface area (TPSA) is 108 Å². The monoisotopic (exact) mass is 598 g/mol. The number of nitrogens with zero attached hydrogens (tertiary/aromatic N) is 4. The number of amidine groups is 1. The van der Waals surface area contributed by atoms with Gasteiger partial charge in [0.05, 0.1) is 34.3 Å². The van der Waals surface area contributed by atoms with Crippen LogP contribution >= 0.6 is 11.8 Å². The van der Waals surface area contributed by atoms with Gasteiger partial charge in [-0.25, -0.2) is 4.79 Å². The maximum absolute atomic E-state index is 13.6. The molecular weight excluding hydrogens is 578 g/mol. The number of benzene rings is 2. The van der Waals surface area contributed by atoms with Gasteiger partial charge in [-0.2, -0.15) is 36.4 Å². The van der Waals surface area contributed by atoms with Crippen LogP contribution in [0.4, 0.5) is 26.3 Å². The molecule has 1 aromatic heterocycles. The quantitative estimate of drug-likeness (QED) is 0.321. The number of aliphatic hydroxyl groups is 1. The third-order valence-corrected chi connectivity index (χ3v) is 7.94. The van der Waals surface area contributed by atoms with Crippen LogP contribution in [0.3, 0.4) is 0 Å². The first-order chi connectivity index (χ1) is 19.1. The van der Waals surface area contributed by atoms with Crippen LogP contribution in [0, 0.1) is 0 Å². The third-order valence-electron chi connectivity index (χ3n) is 6.89. The van der Waals surface area contributed by atoms with Crippen LogP contribution in [0.15, 0.2) is 52.5 Å². The highest BCUT2D eigenvalue weighted by atomic mass is 32.2. The summed E-state index contributed by atoms with van der Waals surface area (Å²) >= 11 is 1.10. The zero-order valence-corrected chi connectivity index (χ0v) is 21.6. The second kappa shape index (κ2) is 10.2. The van der Waals surface area contributed by atoms with Gasteiger partial charge in [0.15, 0.2) is 10.8 Å². The molecule has 3 aromatic rings. The van der Waals surface area contributed by atoms with E-state index in [-0.39, 0.29) is 37.6 Å². The maximum Gasteiger partial charge on any atom is 0.416 e. The van der Waals surface area contributed by atoms with Gasteiger partial charge in [0.1, 0.15) is 0 Å². The molecule has 0 saturated carbocycles. The van der Waals surface area contributed by atoms with Crippen LogP contribution in [0.25, 0.3) is 17.0 Å². The van der Waals surface area contributed by atoms with Crippen LogP contribution in [-0.4, -0.2) is 60.6 Å². The summed E-state index contributed by atoms with van der Waals surface area (Å²) in [6.07, 6.45) is -6.99. The second-order valence-electron chi connectivity index (χ2n) is 9.62. The predicted molar refractivity (Wildman–Crippen MR) is 137 cm³/mol. The van der Waals surface area contributed by atoms with Gasteiger partial charge >= 0.3 is 18.3 Å². The molecule has 15 heteroatoms. The van der Waals surface area contributed by atoms with Crippen LogP contribution < -0.4 is 0 Å². The number of fused-ring (bicyclic) bond motifs is 1. The number of carbonyl (C=O) groups is 2. The number of carboxylic acid groups (broad SMARTS) is 1. The SMILES string of the molecule is O=C1N=C(N2CCC(O)(C(=O)O)CC2)S/C1=C/c1ccc2c(cnn2Cc2ccc(C(F)(F)F)cc2C(F)(F)F)c1. The van der Waals surface area contributed by atoms with Gasteiger partial charge < -0.3 is 15.1 Å². The Balaban J connectivity index is 1.33. The fraction of sp³-hybridized carbons (Fsp3) is 0.308. The van der Waals surface area contributed by atoms with E-state index in [0.29, 0.717) is 32.6 Å². The van der Waals surface area contributed by atoms with Crippen molar-refractivity contribution in [3.05, 3.63) is 69.8 Å². The number of aliphatic imine (C=N–C) groups is 1. The summed E-state index contributed by atoms with van der Waals surface area (Å²) in [5, 5.41) is 24.3. The summed E-state index contributed by atoms with van der Waals surface area (Å²) in [6.45, 7) is -0.0140. The molecule has 0 aliphatic carbocycles. The van der Waals surface area contributed by atoms with Crippen molar-refractivity contribution in [2.75, 3.05) is 13.1 Å². The number of alkyl halides is 6. The van der Waals surface area contributed by atoms with Crippen LogP contribution in [-0.2, 0) is 28.5 Å². The number of amides is 1. The van der Waals surface area contributed by atoms with Crippen molar-refractivity contribution in [3.8, 4) is 0 Å². The number of piperidine rings is 1. The number of carbonyl (C=O) groups excluding carboxylic acids is 1. The Morgan fingerprint density at radius 3 is 2.39 bits per heavy atom. The molecule has 0 spiro atoms. The van der Waals surface area contributed by atoms with E-state index >= 15 is 0 Å². The average Bonchev–Trinajstić information content (AvgIpc) is 3.46. The zero-order chi connectivity index (χ0) is 29.7. The van der Waals surface area contributed by atoms with Crippen molar-refractivity contribution >= 4 is 45.8 Å². The molecule has 0 radical (unpaired) electrons. The van der Waals surface area contributed by atoms with Crippen molar-refractivity contribution in [2.45, 2.75) is 37.3 Å². The van der Waals surface area contributed by atoms with Gasteiger partial charge in [-0.05, 0) is 53.2 Å². The second-order valence-corrected chi connectivity index (χ2v) is 10.6. The minimum absolute atomic E-state index is 0.0211. The van der Waals surface area contributed by atoms with E-state index < -0.39 is 47.5 Å². The summed E-state index contributed by atoms with van der Waals surface area (Å²) in [5.41, 5.74) is -3.98. The number of halogens is 6. The number of carboxylic acids is 1. The first-order valence-corrected chi connectivity index (χ1v) is 12.9. The molecule has 1 saturated heterocycles. The van der Waals surface area contributed by atoms with Gasteiger partial charge in [0.25, 0.3) is 5.91 Å². The Bertz CT molecular complexity index is 1600. The molecule has 5 rings (SSSR count). The highest BCUT2D eigenvalue weighted by Crippen LogP contribution is 2.38. The van der Waals surface area contributed by atoms with Crippen molar-refractivity contribution in [1.29, 1.82) is 0 Å². The van der Waals surface area contributed by atoms with Crippen LogP contribution in [0.2, 0.25) is 0 Å². The molecule has 0 unspecified atom stereocenters. The fourth-order valence-electron chi connectivity index (χ4n) is 4.60. The van der Waals surface area contributed by atoms with Crippen molar-refractivity contribution in [1.82, 2.24) is 14.7 Å². The standard InChI is InChI=1S/C26H20F6N4O4S/c27-25(28,29)17-3-2-15(18(11-17)26(30,31)32)13-36-19-4-1-14(9-16(19)12-33-36)10-20-21(37)34-23(41-20)35-7-5-24(40,6-8-35)22(38)39/h1-4,9-12,40H,5-8,13H2,(H,38,39)/b20-10+. The van der Waals surface area contributed by atoms with Crippen molar-refractivity contribution < 1.29 is 46.1 Å². The molecule has 41 heavy (non-hydrogen) atoms. The lowest BCUT2D eigenvalue weighted by atomic mass is 9.92. The number of likely N-dealkylation sites (tertiary alicyclic amines) is 1. The number of rotatable bonds is 4. The summed E-state index contributed by atoms with van der Waals surface area (Å²) in [7, 11) is 0. The Morgan fingerprint density at radius 1 is 1.05 bits per heavy atom. The number of hydrogen-bond acceptors (Lipinski definition) is 6. The molecule has 8 nitrogen and oxygen atoms in total. The molecule has 0 atom stereocenters. The van der Waals surface area contributed by atoms with E-state index in [1.807, 2.05) is 0 Å². The average molecular weight is 599 g/mol. The van der Waals surface area contributed by atoms with Crippen molar-refractivity contribution in [2.24, 2.45) is 4.99 Å². The lowest BCUT2D eigenvalue weighted by Gasteiger charge is -2.35. The van der Waals surface area contributed by atoms with E-state index in [4.69, 9.17) is 0 Å². The van der Waals surface area contributed by atoms with E-state index in [1.54, 1.807) is 29.2 Å². The first kappa shape index (κ1) is 28.7. The minimum Gasteiger partial charge on any atom is -0.479 e. The Labute approximate surface area is 232 Å². The fourth-order valence-corrected chi connectivity index (χ4v) is 5.57. The summed E-state index contributed by atoms with van der Waals surface area (Å²) < 4.78 is 81.0. The minimum atomic E-state index is -5.00. The van der Waals surface area contributed by atoms with Crippen molar-refractivity contribution in [3.63, 3.8) is 0 Å². The van der Waals surface area contributed by atoms with Crippen LogP contribution in [0.1, 0.15) is 35.1 Å². The van der Waals surface area contributed by atoms with E-state index in [1.165, 1.54) is 10.9 Å². The molecule has 2 aromatic carbocycles. The third kappa shape index (κ3) is 5.81. The van der Waals surface area contributed by atoms with Crippen LogP contribution in [0.5, 0.6) is 0 Å². The summed E-state index contributed by atoms with van der Waals surface area (Å²) in [6, 6.07) is 6.34. The first-order valence-electron chi connectivity index (χ1n) is 12.1. The number of thioether (sulfide) groups is 1. The zero-order valence-electron chi connectivity index (χ0n) is 20.8. The molecule has 3 heterocycles. The van der Waals surface area contributed by atoms with Gasteiger partial charge in [0, 0.05) is 31.3 Å². The molecule has 216 valence electrons. The predicted octanol–water partition coefficient (Wildman–Crippen LogP) is 5.00. The largest absolute Gasteiger partial charge is 0.479 e. The van der Waals surface area contributed by atoms with E-state index in [0.717, 1.165) is 17.8 Å². The smallest absolute Gasteiger partial charge is 0.416 e. The molecule has 1 fully saturated rings. The van der Waals surface area contributed by atoms with E-state index in [2.05, 4.69) is 10.1 Å². The lowest BCUT2D eigenvalue weighted by Crippen LogP contribution is -2.50. The molecule has 2 aliphatic rings. The molecule has 0 bridgehead atoms. The highest BCUT2D eigenvalue weighted by Gasteiger charge is 2.41. The number of aromatic nitrogens is 2.